The lowest BCUT2D eigenvalue weighted by Gasteiger charge is -2.26. The van der Waals surface area contributed by atoms with Crippen molar-refractivity contribution >= 4 is 39.5 Å². The molecule has 23 heavy (non-hydrogen) atoms. The molecule has 0 radical (unpaired) electrons. The van der Waals surface area contributed by atoms with Gasteiger partial charge in [-0.2, -0.15) is 23.5 Å². The van der Waals surface area contributed by atoms with Crippen molar-refractivity contribution in [2.45, 2.75) is 17.4 Å². The first-order chi connectivity index (χ1) is 11.1. The van der Waals surface area contributed by atoms with Crippen molar-refractivity contribution in [1.29, 1.82) is 0 Å². The Kier molecular flexibility index (Phi) is 5.56. The fourth-order valence-electron chi connectivity index (χ4n) is 2.66. The van der Waals surface area contributed by atoms with Crippen LogP contribution in [-0.4, -0.2) is 61.4 Å². The molecule has 2 aliphatic heterocycles. The highest BCUT2D eigenvalue weighted by Gasteiger charge is 2.25. The predicted octanol–water partition coefficient (Wildman–Crippen LogP) is 1.66. The Hall–Kier alpha value is -0.700. The molecule has 0 aliphatic carbocycles. The number of hydrogen-bond donors (Lipinski definition) is 1. The Morgan fingerprint density at radius 1 is 1.17 bits per heavy atom. The van der Waals surface area contributed by atoms with Gasteiger partial charge in [-0.1, -0.05) is 6.07 Å². The molecule has 0 saturated carbocycles. The number of nitrogens with one attached hydrogen (secondary N) is 1. The van der Waals surface area contributed by atoms with Crippen LogP contribution in [0.15, 0.2) is 29.2 Å². The lowest BCUT2D eigenvalue weighted by molar-refractivity contribution is 0.0772. The highest BCUT2D eigenvalue weighted by atomic mass is 32.2. The predicted molar refractivity (Wildman–Crippen MR) is 95.7 cm³/mol. The lowest BCUT2D eigenvalue weighted by atomic mass is 10.2. The fourth-order valence-corrected chi connectivity index (χ4v) is 6.14. The molecule has 8 heteroatoms. The van der Waals surface area contributed by atoms with Crippen LogP contribution in [0.4, 0.5) is 0 Å². The summed E-state index contributed by atoms with van der Waals surface area (Å²) in [6.07, 6.45) is 0.855. The number of sulfonamides is 1. The largest absolute Gasteiger partial charge is 0.337 e. The van der Waals surface area contributed by atoms with Gasteiger partial charge in [-0.05, 0) is 30.4 Å². The van der Waals surface area contributed by atoms with Gasteiger partial charge in [-0.3, -0.25) is 4.79 Å². The number of amides is 1. The van der Waals surface area contributed by atoms with Crippen LogP contribution in [0, 0.1) is 0 Å². The molecule has 1 unspecified atom stereocenters. The standard InChI is InChI=1S/C15H20N2O3S3/c18-15(17-5-8-21-9-6-17)12-2-1-3-14(10-12)23(19,20)16-13-4-7-22-11-13/h1-3,10,13,16H,4-9,11H2. The molecule has 1 aromatic rings. The monoisotopic (exact) mass is 372 g/mol. The normalized spacial score (nSPS) is 22.3. The first kappa shape index (κ1) is 17.1. The van der Waals surface area contributed by atoms with Crippen molar-refractivity contribution in [3.05, 3.63) is 29.8 Å². The van der Waals surface area contributed by atoms with Gasteiger partial charge < -0.3 is 4.90 Å². The summed E-state index contributed by atoms with van der Waals surface area (Å²) in [5, 5.41) is 0. The van der Waals surface area contributed by atoms with Gasteiger partial charge in [0.25, 0.3) is 5.91 Å². The Morgan fingerprint density at radius 3 is 2.65 bits per heavy atom. The van der Waals surface area contributed by atoms with E-state index in [1.165, 1.54) is 6.07 Å². The summed E-state index contributed by atoms with van der Waals surface area (Å²) in [4.78, 5) is 14.5. The molecule has 1 amide bonds. The van der Waals surface area contributed by atoms with Gasteiger partial charge in [0.15, 0.2) is 0 Å². The minimum absolute atomic E-state index is 0.0107. The van der Waals surface area contributed by atoms with E-state index in [1.807, 2.05) is 11.8 Å². The summed E-state index contributed by atoms with van der Waals surface area (Å²) in [7, 11) is -3.57. The van der Waals surface area contributed by atoms with Gasteiger partial charge in [0.05, 0.1) is 4.90 Å². The third-order valence-corrected chi connectivity index (χ3v) is 7.56. The van der Waals surface area contributed by atoms with Crippen LogP contribution in [-0.2, 0) is 10.0 Å². The lowest BCUT2D eigenvalue weighted by Crippen LogP contribution is -2.38. The summed E-state index contributed by atoms with van der Waals surface area (Å²) < 4.78 is 27.7. The van der Waals surface area contributed by atoms with E-state index < -0.39 is 10.0 Å². The second-order valence-corrected chi connectivity index (χ2v) is 9.70. The number of carbonyl (C=O) groups is 1. The molecule has 3 rings (SSSR count). The van der Waals surface area contributed by atoms with E-state index in [1.54, 1.807) is 34.9 Å². The molecule has 0 bridgehead atoms. The van der Waals surface area contributed by atoms with Crippen molar-refractivity contribution in [2.75, 3.05) is 36.1 Å². The highest BCUT2D eigenvalue weighted by molar-refractivity contribution is 7.99. The van der Waals surface area contributed by atoms with E-state index in [9.17, 15) is 13.2 Å². The van der Waals surface area contributed by atoms with Crippen LogP contribution in [0.2, 0.25) is 0 Å². The quantitative estimate of drug-likeness (QED) is 0.871. The van der Waals surface area contributed by atoms with Crippen LogP contribution in [0.25, 0.3) is 0 Å². The van der Waals surface area contributed by atoms with Crippen molar-refractivity contribution in [1.82, 2.24) is 9.62 Å². The molecule has 126 valence electrons. The SMILES string of the molecule is O=C(c1cccc(S(=O)(=O)NC2CCSC2)c1)N1CCSCC1. The molecular weight excluding hydrogens is 352 g/mol. The molecule has 2 saturated heterocycles. The number of hydrogen-bond acceptors (Lipinski definition) is 5. The van der Waals surface area contributed by atoms with E-state index in [0.29, 0.717) is 5.56 Å². The van der Waals surface area contributed by atoms with Crippen LogP contribution in [0.5, 0.6) is 0 Å². The highest BCUT2D eigenvalue weighted by Crippen LogP contribution is 2.21. The molecule has 0 spiro atoms. The Morgan fingerprint density at radius 2 is 1.96 bits per heavy atom. The van der Waals surface area contributed by atoms with E-state index in [0.717, 1.165) is 42.5 Å². The van der Waals surface area contributed by atoms with Crippen molar-refractivity contribution in [3.63, 3.8) is 0 Å². The van der Waals surface area contributed by atoms with Gasteiger partial charge in [-0.25, -0.2) is 13.1 Å². The van der Waals surface area contributed by atoms with Gasteiger partial charge >= 0.3 is 0 Å². The molecule has 1 aromatic carbocycles. The smallest absolute Gasteiger partial charge is 0.253 e. The van der Waals surface area contributed by atoms with Crippen LogP contribution in [0.1, 0.15) is 16.8 Å². The fraction of sp³-hybridized carbons (Fsp3) is 0.533. The summed E-state index contributed by atoms with van der Waals surface area (Å²) in [6.45, 7) is 1.44. The number of benzene rings is 1. The average Bonchev–Trinajstić information content (AvgIpc) is 3.07. The first-order valence-corrected chi connectivity index (χ1v) is 11.4. The van der Waals surface area contributed by atoms with E-state index in [2.05, 4.69) is 4.72 Å². The second-order valence-electron chi connectivity index (χ2n) is 5.61. The molecule has 1 N–H and O–H groups in total. The minimum atomic E-state index is -3.57. The number of rotatable bonds is 4. The Bertz CT molecular complexity index is 666. The number of nitrogens with zero attached hydrogens (tertiary/aromatic N) is 1. The van der Waals surface area contributed by atoms with Gasteiger partial charge in [0, 0.05) is 42.0 Å². The Balaban J connectivity index is 1.77. The third-order valence-electron chi connectivity index (χ3n) is 3.94. The van der Waals surface area contributed by atoms with Gasteiger partial charge in [0.2, 0.25) is 10.0 Å². The number of carbonyl (C=O) groups excluding carboxylic acids is 1. The zero-order valence-electron chi connectivity index (χ0n) is 12.7. The molecule has 5 nitrogen and oxygen atoms in total. The first-order valence-electron chi connectivity index (χ1n) is 7.63. The molecule has 2 heterocycles. The summed E-state index contributed by atoms with van der Waals surface area (Å²) in [5.74, 6) is 3.58. The Labute approximate surface area is 145 Å². The van der Waals surface area contributed by atoms with Crippen molar-refractivity contribution in [3.8, 4) is 0 Å². The summed E-state index contributed by atoms with van der Waals surface area (Å²) >= 11 is 3.59. The molecule has 1 atom stereocenters. The molecule has 0 aromatic heterocycles. The zero-order chi connectivity index (χ0) is 16.3. The summed E-state index contributed by atoms with van der Waals surface area (Å²) in [6, 6.07) is 6.36. The van der Waals surface area contributed by atoms with E-state index in [-0.39, 0.29) is 16.8 Å². The maximum absolute atomic E-state index is 12.5. The van der Waals surface area contributed by atoms with Gasteiger partial charge in [0.1, 0.15) is 0 Å². The maximum Gasteiger partial charge on any atom is 0.253 e. The van der Waals surface area contributed by atoms with Crippen LogP contribution >= 0.6 is 23.5 Å². The molecule has 2 fully saturated rings. The molecule has 2 aliphatic rings. The van der Waals surface area contributed by atoms with Gasteiger partial charge in [-0.15, -0.1) is 0 Å². The topological polar surface area (TPSA) is 66.5 Å². The average molecular weight is 373 g/mol. The summed E-state index contributed by atoms with van der Waals surface area (Å²) in [5.41, 5.74) is 0.445. The van der Waals surface area contributed by atoms with Crippen molar-refractivity contribution in [2.24, 2.45) is 0 Å². The number of thioether (sulfide) groups is 2. The molecular formula is C15H20N2O3S3. The maximum atomic E-state index is 12.5. The van der Waals surface area contributed by atoms with E-state index in [4.69, 9.17) is 0 Å². The van der Waals surface area contributed by atoms with E-state index >= 15 is 0 Å². The van der Waals surface area contributed by atoms with Crippen molar-refractivity contribution < 1.29 is 13.2 Å². The minimum Gasteiger partial charge on any atom is -0.337 e. The van der Waals surface area contributed by atoms with Crippen LogP contribution < -0.4 is 4.72 Å². The van der Waals surface area contributed by atoms with Crippen LogP contribution in [0.3, 0.4) is 0 Å². The third kappa shape index (κ3) is 4.23. The zero-order valence-corrected chi connectivity index (χ0v) is 15.2. The second kappa shape index (κ2) is 7.46.